The minimum absolute atomic E-state index is 0.124. The number of hydrazone groups is 1. The fourth-order valence-electron chi connectivity index (χ4n) is 3.20. The molecule has 1 N–H and O–H groups in total. The first-order valence-electron chi connectivity index (χ1n) is 10.9. The summed E-state index contributed by atoms with van der Waals surface area (Å²) in [5, 5.41) is 13.5. The Morgan fingerprint density at radius 2 is 1.89 bits per heavy atom. The van der Waals surface area contributed by atoms with Crippen LogP contribution < -0.4 is 10.2 Å². The topological polar surface area (TPSA) is 94.3 Å². The summed E-state index contributed by atoms with van der Waals surface area (Å²) in [4.78, 5) is 16.7. The largest absolute Gasteiger partial charge is 0.494 e. The predicted octanol–water partition coefficient (Wildman–Crippen LogP) is 5.12. The highest BCUT2D eigenvalue weighted by molar-refractivity contribution is 9.10. The highest BCUT2D eigenvalue weighted by Crippen LogP contribution is 2.28. The van der Waals surface area contributed by atoms with Crippen molar-refractivity contribution in [3.8, 4) is 22.8 Å². The molecule has 2 heterocycles. The lowest BCUT2D eigenvalue weighted by atomic mass is 10.1. The standard InChI is InChI=1S/C25H23BrN6O2S/c1-3-34-22-12-10-21(11-13-22)32-24(19-5-4-14-27-15-19)30-31-25(32)35-16-23(33)29-28-17(2)18-6-8-20(26)9-7-18/h4-15H,3,16H2,1-2H3,(H,29,33). The number of carbonyl (C=O) groups excluding carboxylic acids is 1. The van der Waals surface area contributed by atoms with Gasteiger partial charge in [0, 0.05) is 28.1 Å². The van der Waals surface area contributed by atoms with Crippen LogP contribution in [0.3, 0.4) is 0 Å². The Bertz CT molecular complexity index is 1310. The molecule has 0 bridgehead atoms. The Morgan fingerprint density at radius 3 is 2.57 bits per heavy atom. The van der Waals surface area contributed by atoms with E-state index in [9.17, 15) is 4.79 Å². The van der Waals surface area contributed by atoms with Gasteiger partial charge >= 0.3 is 0 Å². The molecule has 0 unspecified atom stereocenters. The van der Waals surface area contributed by atoms with Crippen LogP contribution in [0.4, 0.5) is 0 Å². The van der Waals surface area contributed by atoms with Gasteiger partial charge in [0.1, 0.15) is 5.75 Å². The second-order valence-corrected chi connectivity index (χ2v) is 9.20. The van der Waals surface area contributed by atoms with Crippen LogP contribution in [0.1, 0.15) is 19.4 Å². The number of benzene rings is 2. The summed E-state index contributed by atoms with van der Waals surface area (Å²) in [5.41, 5.74) is 5.93. The first kappa shape index (κ1) is 24.6. The van der Waals surface area contributed by atoms with Gasteiger partial charge in [0.05, 0.1) is 18.1 Å². The quantitative estimate of drug-likeness (QED) is 0.176. The fraction of sp³-hybridized carbons (Fsp3) is 0.160. The molecule has 0 fully saturated rings. The molecular formula is C25H23BrN6O2S. The highest BCUT2D eigenvalue weighted by atomic mass is 79.9. The van der Waals surface area contributed by atoms with E-state index in [1.807, 2.05) is 79.1 Å². The third-order valence-corrected chi connectivity index (χ3v) is 6.36. The summed E-state index contributed by atoms with van der Waals surface area (Å²) >= 11 is 4.69. The third kappa shape index (κ3) is 6.34. The molecule has 4 rings (SSSR count). The normalized spacial score (nSPS) is 11.3. The molecule has 10 heteroatoms. The van der Waals surface area contributed by atoms with Crippen molar-refractivity contribution in [2.24, 2.45) is 5.10 Å². The van der Waals surface area contributed by atoms with Gasteiger partial charge in [0.25, 0.3) is 5.91 Å². The minimum atomic E-state index is -0.240. The number of hydrogen-bond donors (Lipinski definition) is 1. The van der Waals surface area contributed by atoms with E-state index in [4.69, 9.17) is 4.74 Å². The van der Waals surface area contributed by atoms with Crippen LogP contribution in [-0.4, -0.2) is 43.7 Å². The molecule has 0 aliphatic rings. The summed E-state index contributed by atoms with van der Waals surface area (Å²) in [6.07, 6.45) is 3.44. The van der Waals surface area contributed by atoms with Crippen LogP contribution in [0.2, 0.25) is 0 Å². The smallest absolute Gasteiger partial charge is 0.250 e. The molecule has 0 atom stereocenters. The van der Waals surface area contributed by atoms with Gasteiger partial charge in [0.15, 0.2) is 11.0 Å². The number of halogens is 1. The van der Waals surface area contributed by atoms with Gasteiger partial charge < -0.3 is 4.74 Å². The fourth-order valence-corrected chi connectivity index (χ4v) is 4.21. The number of nitrogens with one attached hydrogen (secondary N) is 1. The molecule has 1 amide bonds. The van der Waals surface area contributed by atoms with E-state index in [1.165, 1.54) is 11.8 Å². The molecule has 4 aromatic rings. The van der Waals surface area contributed by atoms with Crippen LogP contribution in [0.25, 0.3) is 17.1 Å². The Morgan fingerprint density at radius 1 is 1.11 bits per heavy atom. The lowest BCUT2D eigenvalue weighted by Gasteiger charge is -2.11. The Labute approximate surface area is 216 Å². The van der Waals surface area contributed by atoms with Crippen molar-refractivity contribution < 1.29 is 9.53 Å². The van der Waals surface area contributed by atoms with Gasteiger partial charge in [-0.3, -0.25) is 14.3 Å². The summed E-state index contributed by atoms with van der Waals surface area (Å²) in [5.74, 6) is 1.30. The zero-order valence-electron chi connectivity index (χ0n) is 19.2. The molecule has 0 saturated carbocycles. The number of carbonyl (C=O) groups is 1. The highest BCUT2D eigenvalue weighted by Gasteiger charge is 2.17. The number of pyridine rings is 1. The lowest BCUT2D eigenvalue weighted by molar-refractivity contribution is -0.118. The van der Waals surface area contributed by atoms with Crippen molar-refractivity contribution in [3.63, 3.8) is 0 Å². The number of aromatic nitrogens is 4. The van der Waals surface area contributed by atoms with Crippen LogP contribution in [0, 0.1) is 0 Å². The number of nitrogens with zero attached hydrogens (tertiary/aromatic N) is 5. The number of ether oxygens (including phenoxy) is 1. The van der Waals surface area contributed by atoms with Gasteiger partial charge in [-0.2, -0.15) is 5.10 Å². The van der Waals surface area contributed by atoms with Crippen LogP contribution >= 0.6 is 27.7 Å². The van der Waals surface area contributed by atoms with E-state index in [-0.39, 0.29) is 11.7 Å². The molecule has 0 saturated heterocycles. The number of hydrogen-bond acceptors (Lipinski definition) is 7. The summed E-state index contributed by atoms with van der Waals surface area (Å²) in [7, 11) is 0. The summed E-state index contributed by atoms with van der Waals surface area (Å²) in [6, 6.07) is 19.2. The molecule has 35 heavy (non-hydrogen) atoms. The third-order valence-electron chi connectivity index (χ3n) is 4.90. The maximum absolute atomic E-state index is 12.5. The zero-order valence-corrected chi connectivity index (χ0v) is 21.6. The molecule has 178 valence electrons. The molecule has 0 radical (unpaired) electrons. The van der Waals surface area contributed by atoms with E-state index in [1.54, 1.807) is 12.4 Å². The SMILES string of the molecule is CCOc1ccc(-n2c(SCC(=O)NN=C(C)c3ccc(Br)cc3)nnc2-c2cccnc2)cc1. The van der Waals surface area contributed by atoms with Crippen molar-refractivity contribution in [2.45, 2.75) is 19.0 Å². The molecule has 0 aliphatic carbocycles. The van der Waals surface area contributed by atoms with Crippen molar-refractivity contribution in [1.82, 2.24) is 25.2 Å². The van der Waals surface area contributed by atoms with Gasteiger partial charge in [0.2, 0.25) is 0 Å². The Kier molecular flexibility index (Phi) is 8.27. The average Bonchev–Trinajstić information content (AvgIpc) is 3.31. The number of amides is 1. The van der Waals surface area contributed by atoms with Crippen molar-refractivity contribution in [1.29, 1.82) is 0 Å². The van der Waals surface area contributed by atoms with E-state index in [0.29, 0.717) is 23.3 Å². The molecule has 2 aromatic heterocycles. The van der Waals surface area contributed by atoms with E-state index < -0.39 is 0 Å². The molecule has 8 nitrogen and oxygen atoms in total. The van der Waals surface area contributed by atoms with E-state index >= 15 is 0 Å². The first-order valence-corrected chi connectivity index (χ1v) is 12.6. The maximum Gasteiger partial charge on any atom is 0.250 e. The first-order chi connectivity index (χ1) is 17.0. The summed E-state index contributed by atoms with van der Waals surface area (Å²) in [6.45, 7) is 4.38. The second-order valence-electron chi connectivity index (χ2n) is 7.34. The lowest BCUT2D eigenvalue weighted by Crippen LogP contribution is -2.21. The Balaban J connectivity index is 1.52. The van der Waals surface area contributed by atoms with Gasteiger partial charge in [-0.25, -0.2) is 5.43 Å². The van der Waals surface area contributed by atoms with Gasteiger partial charge in [-0.15, -0.1) is 10.2 Å². The number of thioether (sulfide) groups is 1. The molecular weight excluding hydrogens is 528 g/mol. The van der Waals surface area contributed by atoms with E-state index in [0.717, 1.165) is 27.0 Å². The van der Waals surface area contributed by atoms with Gasteiger partial charge in [-0.05, 0) is 67.9 Å². The predicted molar refractivity (Wildman–Crippen MR) is 141 cm³/mol. The monoisotopic (exact) mass is 550 g/mol. The maximum atomic E-state index is 12.5. The Hall–Kier alpha value is -3.50. The van der Waals surface area contributed by atoms with Crippen molar-refractivity contribution in [3.05, 3.63) is 83.1 Å². The minimum Gasteiger partial charge on any atom is -0.494 e. The number of rotatable bonds is 9. The van der Waals surface area contributed by atoms with Crippen LogP contribution in [0.5, 0.6) is 5.75 Å². The molecule has 0 spiro atoms. The average molecular weight is 551 g/mol. The second kappa shape index (κ2) is 11.8. The molecule has 0 aliphatic heterocycles. The van der Waals surface area contributed by atoms with E-state index in [2.05, 4.69) is 41.6 Å². The van der Waals surface area contributed by atoms with Gasteiger partial charge in [-0.1, -0.05) is 39.8 Å². The van der Waals surface area contributed by atoms with Crippen molar-refractivity contribution in [2.75, 3.05) is 12.4 Å². The zero-order chi connectivity index (χ0) is 24.6. The summed E-state index contributed by atoms with van der Waals surface area (Å²) < 4.78 is 8.45. The van der Waals surface area contributed by atoms with Crippen molar-refractivity contribution >= 4 is 39.3 Å². The van der Waals surface area contributed by atoms with Crippen LogP contribution in [-0.2, 0) is 4.79 Å². The molecule has 2 aromatic carbocycles. The van der Waals surface area contributed by atoms with Crippen LogP contribution in [0.15, 0.2) is 87.8 Å².